The van der Waals surface area contributed by atoms with Crippen LogP contribution in [0.3, 0.4) is 0 Å². The zero-order chi connectivity index (χ0) is 24.1. The minimum atomic E-state index is -4.57. The molecule has 0 radical (unpaired) electrons. The Hall–Kier alpha value is -4.09. The van der Waals surface area contributed by atoms with Crippen LogP contribution in [0.4, 0.5) is 23.2 Å². The number of halogens is 4. The maximum atomic E-state index is 14.7. The summed E-state index contributed by atoms with van der Waals surface area (Å²) in [6.07, 6.45) is -4.57. The topological polar surface area (TPSA) is 121 Å². The highest BCUT2D eigenvalue weighted by Crippen LogP contribution is 2.39. The fraction of sp³-hybridized carbons (Fsp3) is 0.190. The number of alkyl halides is 3. The van der Waals surface area contributed by atoms with Crippen molar-refractivity contribution >= 4 is 28.5 Å². The number of nitrogens with zero attached hydrogens (tertiary/aromatic N) is 1. The van der Waals surface area contributed by atoms with Crippen molar-refractivity contribution in [2.45, 2.75) is 12.2 Å². The lowest BCUT2D eigenvalue weighted by Crippen LogP contribution is -2.40. The van der Waals surface area contributed by atoms with Gasteiger partial charge in [-0.15, -0.1) is 0 Å². The summed E-state index contributed by atoms with van der Waals surface area (Å²) < 4.78 is 54.6. The third-order valence-electron chi connectivity index (χ3n) is 5.32. The average Bonchev–Trinajstić information content (AvgIpc) is 2.75. The smallest absolute Gasteiger partial charge is 0.416 e. The van der Waals surface area contributed by atoms with Crippen LogP contribution in [0.5, 0.6) is 5.75 Å². The fourth-order valence-corrected chi connectivity index (χ4v) is 3.84. The van der Waals surface area contributed by atoms with Crippen LogP contribution in [0, 0.1) is 5.82 Å². The van der Waals surface area contributed by atoms with Gasteiger partial charge in [0.2, 0.25) is 0 Å². The summed E-state index contributed by atoms with van der Waals surface area (Å²) in [6, 6.07) is 5.36. The minimum absolute atomic E-state index is 0.0139. The number of carbonyl (C=O) groups excluding carboxylic acids is 1. The molecule has 1 amide bonds. The summed E-state index contributed by atoms with van der Waals surface area (Å²) >= 11 is 0. The van der Waals surface area contributed by atoms with Gasteiger partial charge in [-0.05, 0) is 29.8 Å². The molecule has 0 saturated carbocycles. The number of rotatable bonds is 4. The lowest BCUT2D eigenvalue weighted by atomic mass is 9.98. The quantitative estimate of drug-likeness (QED) is 0.440. The third kappa shape index (κ3) is 3.73. The molecule has 0 spiro atoms. The van der Waals surface area contributed by atoms with Gasteiger partial charge in [-0.2, -0.15) is 13.2 Å². The molecule has 2 heterocycles. The number of benzene rings is 2. The lowest BCUT2D eigenvalue weighted by Gasteiger charge is -2.30. The number of hydrogen-bond donors (Lipinski definition) is 4. The van der Waals surface area contributed by atoms with Crippen LogP contribution in [-0.2, 0) is 11.0 Å². The summed E-state index contributed by atoms with van der Waals surface area (Å²) in [4.78, 5) is 36.6. The molecule has 172 valence electrons. The number of carbonyl (C=O) groups is 2. The fourth-order valence-electron chi connectivity index (χ4n) is 3.84. The molecule has 1 aliphatic rings. The Morgan fingerprint density at radius 2 is 1.82 bits per heavy atom. The number of aromatic hydroxyl groups is 1. The summed E-state index contributed by atoms with van der Waals surface area (Å²) in [5.41, 5.74) is -2.39. The van der Waals surface area contributed by atoms with Crippen molar-refractivity contribution in [1.82, 2.24) is 9.88 Å². The molecule has 3 aromatic rings. The number of pyridine rings is 1. The van der Waals surface area contributed by atoms with E-state index in [1.807, 2.05) is 5.32 Å². The Labute approximate surface area is 182 Å². The second kappa shape index (κ2) is 7.80. The van der Waals surface area contributed by atoms with Crippen LogP contribution in [0.25, 0.3) is 10.9 Å². The average molecular weight is 465 g/mol. The maximum Gasteiger partial charge on any atom is 0.416 e. The van der Waals surface area contributed by atoms with E-state index in [2.05, 4.69) is 5.32 Å². The van der Waals surface area contributed by atoms with Crippen molar-refractivity contribution in [2.75, 3.05) is 18.4 Å². The second-order valence-electron chi connectivity index (χ2n) is 7.31. The van der Waals surface area contributed by atoms with Gasteiger partial charge >= 0.3 is 12.1 Å². The molecule has 8 nitrogen and oxygen atoms in total. The standard InChI is InChI=1S/C21H15F4N3O5/c22-11-5-6-12-17-15(11)18(31)16(19(32)27-8-14(29)30)20(33)28(17)13(7-26-12)9-1-3-10(4-2-9)21(23,24)25/h1-6,13,26,31H,7-8H2,(H,27,32)(H,29,30). The molecule has 1 aliphatic heterocycles. The van der Waals surface area contributed by atoms with Crippen LogP contribution in [0.1, 0.15) is 27.5 Å². The number of aromatic nitrogens is 1. The number of hydrogen-bond acceptors (Lipinski definition) is 5. The van der Waals surface area contributed by atoms with Gasteiger partial charge in [0.1, 0.15) is 23.7 Å². The summed E-state index contributed by atoms with van der Waals surface area (Å²) in [6.45, 7) is -0.845. The molecule has 4 N–H and O–H groups in total. The first kappa shape index (κ1) is 22.1. The van der Waals surface area contributed by atoms with Gasteiger partial charge in [0.05, 0.1) is 28.2 Å². The number of anilines is 1. The number of aliphatic carboxylic acids is 1. The van der Waals surface area contributed by atoms with Crippen molar-refractivity contribution in [3.63, 3.8) is 0 Å². The van der Waals surface area contributed by atoms with Crippen LogP contribution >= 0.6 is 0 Å². The van der Waals surface area contributed by atoms with Gasteiger partial charge in [-0.25, -0.2) is 4.39 Å². The van der Waals surface area contributed by atoms with E-state index in [9.17, 15) is 37.1 Å². The zero-order valence-electron chi connectivity index (χ0n) is 16.5. The largest absolute Gasteiger partial charge is 0.506 e. The molecule has 1 atom stereocenters. The number of carboxylic acid groups (broad SMARTS) is 1. The molecule has 1 aromatic heterocycles. The van der Waals surface area contributed by atoms with Crippen LogP contribution < -0.4 is 16.2 Å². The Bertz CT molecular complexity index is 1350. The van der Waals surface area contributed by atoms with Crippen LogP contribution in [0.2, 0.25) is 0 Å². The van der Waals surface area contributed by atoms with E-state index < -0.39 is 64.3 Å². The van der Waals surface area contributed by atoms with Gasteiger partial charge in [0.15, 0.2) is 0 Å². The monoisotopic (exact) mass is 465 g/mol. The van der Waals surface area contributed by atoms with Crippen molar-refractivity contribution in [1.29, 1.82) is 0 Å². The van der Waals surface area contributed by atoms with E-state index in [0.717, 1.165) is 34.9 Å². The molecule has 1 unspecified atom stereocenters. The van der Waals surface area contributed by atoms with Gasteiger partial charge in [0, 0.05) is 6.54 Å². The highest BCUT2D eigenvalue weighted by molar-refractivity contribution is 6.06. The van der Waals surface area contributed by atoms with Crippen molar-refractivity contribution in [3.8, 4) is 5.75 Å². The van der Waals surface area contributed by atoms with E-state index >= 15 is 0 Å². The summed E-state index contributed by atoms with van der Waals surface area (Å²) in [5, 5.41) is 23.8. The van der Waals surface area contributed by atoms with Crippen molar-refractivity contribution < 1.29 is 37.4 Å². The van der Waals surface area contributed by atoms with E-state index in [-0.39, 0.29) is 23.3 Å². The molecule has 0 bridgehead atoms. The van der Waals surface area contributed by atoms with Gasteiger partial charge in [-0.3, -0.25) is 19.0 Å². The number of nitrogens with one attached hydrogen (secondary N) is 2. The van der Waals surface area contributed by atoms with E-state index in [4.69, 9.17) is 5.11 Å². The van der Waals surface area contributed by atoms with E-state index in [1.165, 1.54) is 6.07 Å². The predicted molar refractivity (Wildman–Crippen MR) is 108 cm³/mol. The summed E-state index contributed by atoms with van der Waals surface area (Å²) in [7, 11) is 0. The minimum Gasteiger partial charge on any atom is -0.506 e. The highest BCUT2D eigenvalue weighted by atomic mass is 19.4. The Kier molecular flexibility index (Phi) is 5.23. The molecule has 12 heteroatoms. The maximum absolute atomic E-state index is 14.7. The Balaban J connectivity index is 1.96. The first-order chi connectivity index (χ1) is 15.5. The highest BCUT2D eigenvalue weighted by Gasteiger charge is 2.33. The van der Waals surface area contributed by atoms with Crippen LogP contribution in [0.15, 0.2) is 41.2 Å². The first-order valence-electron chi connectivity index (χ1n) is 9.51. The second-order valence-corrected chi connectivity index (χ2v) is 7.31. The van der Waals surface area contributed by atoms with Gasteiger partial charge in [0.25, 0.3) is 11.5 Å². The SMILES string of the molecule is O=C(O)CNC(=O)c1c(O)c2c(F)ccc3c2n(c1=O)C(c1ccc(C(F)(F)F)cc1)CN3. The lowest BCUT2D eigenvalue weighted by molar-refractivity contribution is -0.138. The normalized spacial score (nSPS) is 15.2. The molecule has 0 saturated heterocycles. The van der Waals surface area contributed by atoms with E-state index in [1.54, 1.807) is 0 Å². The zero-order valence-corrected chi connectivity index (χ0v) is 16.5. The van der Waals surface area contributed by atoms with E-state index in [0.29, 0.717) is 0 Å². The first-order valence-corrected chi connectivity index (χ1v) is 9.51. The van der Waals surface area contributed by atoms with Crippen LogP contribution in [-0.4, -0.2) is 39.7 Å². The Morgan fingerprint density at radius 3 is 2.42 bits per heavy atom. The number of amides is 1. The van der Waals surface area contributed by atoms with Gasteiger partial charge < -0.3 is 20.8 Å². The predicted octanol–water partition coefficient (Wildman–Crippen LogP) is 2.69. The Morgan fingerprint density at radius 1 is 1.15 bits per heavy atom. The molecule has 4 rings (SSSR count). The molecular weight excluding hydrogens is 450 g/mol. The van der Waals surface area contributed by atoms with Gasteiger partial charge in [-0.1, -0.05) is 12.1 Å². The molecule has 0 aliphatic carbocycles. The molecular formula is C21H15F4N3O5. The van der Waals surface area contributed by atoms with Crippen molar-refractivity contribution in [3.05, 3.63) is 69.3 Å². The van der Waals surface area contributed by atoms with Crippen molar-refractivity contribution in [2.24, 2.45) is 0 Å². The molecule has 0 fully saturated rings. The molecule has 2 aromatic carbocycles. The number of carboxylic acids is 1. The third-order valence-corrected chi connectivity index (χ3v) is 5.32. The molecule has 33 heavy (non-hydrogen) atoms. The summed E-state index contributed by atoms with van der Waals surface area (Å²) in [5.74, 6) is -4.57.